The van der Waals surface area contributed by atoms with Gasteiger partial charge in [-0.3, -0.25) is 0 Å². The van der Waals surface area contributed by atoms with E-state index in [2.05, 4.69) is 46.8 Å². The van der Waals surface area contributed by atoms with Crippen molar-refractivity contribution >= 4 is 0 Å². The van der Waals surface area contributed by atoms with Crippen molar-refractivity contribution in [2.75, 3.05) is 0 Å². The van der Waals surface area contributed by atoms with E-state index >= 15 is 0 Å². The standard InChI is InChI=1S/C15H24O2/c1-6-15(5,7-2)17-16-14-10-8-13(9-11-14)12(3)4/h8-12H,6-7H2,1-5H3. The molecule has 0 amide bonds. The van der Waals surface area contributed by atoms with Crippen LogP contribution in [0, 0.1) is 0 Å². The predicted octanol–water partition coefficient (Wildman–Crippen LogP) is 4.70. The van der Waals surface area contributed by atoms with Gasteiger partial charge in [0.2, 0.25) is 0 Å². The minimum absolute atomic E-state index is 0.198. The Morgan fingerprint density at radius 1 is 1.06 bits per heavy atom. The molecule has 0 aliphatic heterocycles. The highest BCUT2D eigenvalue weighted by molar-refractivity contribution is 5.28. The maximum absolute atomic E-state index is 5.51. The van der Waals surface area contributed by atoms with Crippen molar-refractivity contribution in [2.45, 2.75) is 59.0 Å². The third-order valence-corrected chi connectivity index (χ3v) is 3.38. The Hall–Kier alpha value is -1.02. The van der Waals surface area contributed by atoms with Gasteiger partial charge in [-0.05, 0) is 43.4 Å². The fraction of sp³-hybridized carbons (Fsp3) is 0.600. The van der Waals surface area contributed by atoms with Gasteiger partial charge in [0.1, 0.15) is 5.60 Å². The van der Waals surface area contributed by atoms with E-state index in [-0.39, 0.29) is 5.60 Å². The van der Waals surface area contributed by atoms with Crippen LogP contribution in [0.15, 0.2) is 24.3 Å². The zero-order valence-electron chi connectivity index (χ0n) is 11.6. The Bertz CT molecular complexity index is 323. The van der Waals surface area contributed by atoms with E-state index in [0.29, 0.717) is 5.92 Å². The van der Waals surface area contributed by atoms with Crippen LogP contribution in [0.2, 0.25) is 0 Å². The summed E-state index contributed by atoms with van der Waals surface area (Å²) in [6, 6.07) is 8.08. The topological polar surface area (TPSA) is 18.5 Å². The van der Waals surface area contributed by atoms with Gasteiger partial charge < -0.3 is 4.89 Å². The van der Waals surface area contributed by atoms with Crippen molar-refractivity contribution in [1.82, 2.24) is 0 Å². The van der Waals surface area contributed by atoms with Crippen LogP contribution in [0.25, 0.3) is 0 Å². The minimum atomic E-state index is -0.198. The summed E-state index contributed by atoms with van der Waals surface area (Å²) in [5.74, 6) is 1.31. The smallest absolute Gasteiger partial charge is 0.165 e. The van der Waals surface area contributed by atoms with E-state index in [0.717, 1.165) is 18.6 Å². The van der Waals surface area contributed by atoms with Gasteiger partial charge >= 0.3 is 0 Å². The molecule has 1 aromatic rings. The number of rotatable bonds is 6. The highest BCUT2D eigenvalue weighted by atomic mass is 17.2. The van der Waals surface area contributed by atoms with Crippen LogP contribution in [-0.2, 0) is 4.89 Å². The average Bonchev–Trinajstić information content (AvgIpc) is 2.36. The van der Waals surface area contributed by atoms with Crippen molar-refractivity contribution in [3.05, 3.63) is 29.8 Å². The predicted molar refractivity (Wildman–Crippen MR) is 71.2 cm³/mol. The van der Waals surface area contributed by atoms with Crippen molar-refractivity contribution in [3.8, 4) is 5.75 Å². The van der Waals surface area contributed by atoms with Gasteiger partial charge in [0.25, 0.3) is 0 Å². The van der Waals surface area contributed by atoms with Crippen molar-refractivity contribution in [1.29, 1.82) is 0 Å². The van der Waals surface area contributed by atoms with Gasteiger partial charge in [0.15, 0.2) is 5.75 Å². The minimum Gasteiger partial charge on any atom is -0.337 e. The first-order chi connectivity index (χ1) is 8.00. The molecule has 0 heterocycles. The summed E-state index contributed by atoms with van der Waals surface area (Å²) in [7, 11) is 0. The second-order valence-corrected chi connectivity index (χ2v) is 5.05. The number of benzene rings is 1. The fourth-order valence-corrected chi connectivity index (χ4v) is 1.42. The molecule has 0 aliphatic carbocycles. The van der Waals surface area contributed by atoms with E-state index in [9.17, 15) is 0 Å². The third kappa shape index (κ3) is 4.04. The quantitative estimate of drug-likeness (QED) is 0.526. The van der Waals surface area contributed by atoms with E-state index in [1.165, 1.54) is 5.56 Å². The van der Waals surface area contributed by atoms with E-state index < -0.39 is 0 Å². The maximum atomic E-state index is 5.51. The first-order valence-electron chi connectivity index (χ1n) is 6.46. The molecule has 96 valence electrons. The molecule has 2 nitrogen and oxygen atoms in total. The van der Waals surface area contributed by atoms with Crippen molar-refractivity contribution in [2.24, 2.45) is 0 Å². The first-order valence-corrected chi connectivity index (χ1v) is 6.46. The lowest BCUT2D eigenvalue weighted by molar-refractivity contribution is -0.288. The molecular formula is C15H24O2. The molecule has 0 aliphatic rings. The summed E-state index contributed by atoms with van der Waals surface area (Å²) < 4.78 is 0. The Kier molecular flexibility index (Phi) is 5.01. The molecule has 0 radical (unpaired) electrons. The Morgan fingerprint density at radius 3 is 2.00 bits per heavy atom. The first kappa shape index (κ1) is 14.0. The molecule has 0 saturated carbocycles. The van der Waals surface area contributed by atoms with E-state index in [1.54, 1.807) is 0 Å². The van der Waals surface area contributed by atoms with Gasteiger partial charge in [-0.25, -0.2) is 0 Å². The molecule has 0 aromatic heterocycles. The second kappa shape index (κ2) is 6.06. The van der Waals surface area contributed by atoms with E-state index in [4.69, 9.17) is 9.78 Å². The maximum Gasteiger partial charge on any atom is 0.165 e. The summed E-state index contributed by atoms with van der Waals surface area (Å²) in [6.45, 7) is 10.6. The number of hydrogen-bond donors (Lipinski definition) is 0. The molecule has 0 atom stereocenters. The SMILES string of the molecule is CCC(C)(CC)OOc1ccc(C(C)C)cc1. The van der Waals surface area contributed by atoms with Gasteiger partial charge in [-0.15, -0.1) is 0 Å². The molecule has 0 spiro atoms. The average molecular weight is 236 g/mol. The lowest BCUT2D eigenvalue weighted by Crippen LogP contribution is -2.28. The second-order valence-electron chi connectivity index (χ2n) is 5.05. The van der Waals surface area contributed by atoms with Crippen molar-refractivity contribution in [3.63, 3.8) is 0 Å². The molecule has 0 bridgehead atoms. The summed E-state index contributed by atoms with van der Waals surface area (Å²) >= 11 is 0. The lowest BCUT2D eigenvalue weighted by atomic mass is 10.0. The largest absolute Gasteiger partial charge is 0.337 e. The van der Waals surface area contributed by atoms with Crippen LogP contribution in [0.1, 0.15) is 58.9 Å². The van der Waals surface area contributed by atoms with Crippen LogP contribution in [0.3, 0.4) is 0 Å². The van der Waals surface area contributed by atoms with Crippen LogP contribution in [0.4, 0.5) is 0 Å². The molecular weight excluding hydrogens is 212 g/mol. The highest BCUT2D eigenvalue weighted by Crippen LogP contribution is 2.23. The van der Waals surface area contributed by atoms with Crippen LogP contribution < -0.4 is 4.89 Å². The molecule has 0 saturated heterocycles. The van der Waals surface area contributed by atoms with Crippen LogP contribution >= 0.6 is 0 Å². The fourth-order valence-electron chi connectivity index (χ4n) is 1.42. The molecule has 0 N–H and O–H groups in total. The molecule has 1 aromatic carbocycles. The molecule has 0 fully saturated rings. The van der Waals surface area contributed by atoms with Crippen LogP contribution in [-0.4, -0.2) is 5.60 Å². The highest BCUT2D eigenvalue weighted by Gasteiger charge is 2.22. The zero-order chi connectivity index (χ0) is 12.9. The summed E-state index contributed by atoms with van der Waals surface area (Å²) in [6.07, 6.45) is 1.88. The molecule has 1 rings (SSSR count). The van der Waals surface area contributed by atoms with Gasteiger partial charge in [-0.1, -0.05) is 39.8 Å². The third-order valence-electron chi connectivity index (χ3n) is 3.38. The van der Waals surface area contributed by atoms with Gasteiger partial charge in [-0.2, -0.15) is 4.89 Å². The Labute approximate surface area is 105 Å². The van der Waals surface area contributed by atoms with Gasteiger partial charge in [0, 0.05) is 0 Å². The van der Waals surface area contributed by atoms with Gasteiger partial charge in [0.05, 0.1) is 0 Å². The lowest BCUT2D eigenvalue weighted by Gasteiger charge is -2.25. The Balaban J connectivity index is 2.58. The number of hydrogen-bond acceptors (Lipinski definition) is 2. The summed E-state index contributed by atoms with van der Waals surface area (Å²) in [5.41, 5.74) is 1.11. The van der Waals surface area contributed by atoms with E-state index in [1.807, 2.05) is 12.1 Å². The summed E-state index contributed by atoms with van der Waals surface area (Å²) in [5, 5.41) is 0. The van der Waals surface area contributed by atoms with Crippen LogP contribution in [0.5, 0.6) is 5.75 Å². The monoisotopic (exact) mass is 236 g/mol. The molecule has 2 heteroatoms. The molecule has 0 unspecified atom stereocenters. The van der Waals surface area contributed by atoms with Crippen molar-refractivity contribution < 1.29 is 9.78 Å². The normalized spacial score (nSPS) is 11.9. The zero-order valence-corrected chi connectivity index (χ0v) is 11.6. The molecule has 17 heavy (non-hydrogen) atoms. The Morgan fingerprint density at radius 2 is 1.59 bits per heavy atom. The summed E-state index contributed by atoms with van der Waals surface area (Å²) in [4.78, 5) is 10.9.